The summed E-state index contributed by atoms with van der Waals surface area (Å²) in [5.74, 6) is -1.48. The van der Waals surface area contributed by atoms with Crippen LogP contribution in [0.3, 0.4) is 0 Å². The number of carboxylic acid groups (broad SMARTS) is 1. The molecule has 1 saturated heterocycles. The second-order valence-corrected chi connectivity index (χ2v) is 7.13. The van der Waals surface area contributed by atoms with Gasteiger partial charge in [0.1, 0.15) is 0 Å². The third kappa shape index (κ3) is 3.60. The van der Waals surface area contributed by atoms with E-state index in [9.17, 15) is 14.7 Å². The lowest BCUT2D eigenvalue weighted by atomic mass is 9.97. The highest BCUT2D eigenvalue weighted by molar-refractivity contribution is 6.31. The van der Waals surface area contributed by atoms with Gasteiger partial charge < -0.3 is 10.0 Å². The molecule has 1 aliphatic rings. The van der Waals surface area contributed by atoms with Crippen LogP contribution in [0.25, 0.3) is 0 Å². The van der Waals surface area contributed by atoms with E-state index >= 15 is 0 Å². The number of aryl methyl sites for hydroxylation is 1. The number of carboxylic acids is 1. The van der Waals surface area contributed by atoms with E-state index in [1.165, 1.54) is 0 Å². The van der Waals surface area contributed by atoms with E-state index in [1.807, 2.05) is 38.1 Å². The van der Waals surface area contributed by atoms with Gasteiger partial charge in [-0.15, -0.1) is 0 Å². The van der Waals surface area contributed by atoms with Crippen LogP contribution >= 0.6 is 11.6 Å². The summed E-state index contributed by atoms with van der Waals surface area (Å²) in [4.78, 5) is 25.9. The lowest BCUT2D eigenvalue weighted by Gasteiger charge is -2.30. The molecule has 0 radical (unpaired) electrons. The van der Waals surface area contributed by atoms with Gasteiger partial charge in [0.05, 0.1) is 23.7 Å². The van der Waals surface area contributed by atoms with Crippen LogP contribution in [0.4, 0.5) is 0 Å². The Morgan fingerprint density at radius 2 is 2.04 bits per heavy atom. The number of benzene rings is 1. The molecule has 0 unspecified atom stereocenters. The van der Waals surface area contributed by atoms with E-state index < -0.39 is 11.9 Å². The SMILES string of the molecule is Cc1nn(Cc2ccccc2Cl)c(C)c1C(=O)N1CCC[C@H](C(=O)O)C1. The normalized spacial score (nSPS) is 17.3. The lowest BCUT2D eigenvalue weighted by Crippen LogP contribution is -2.42. The monoisotopic (exact) mass is 375 g/mol. The molecule has 1 amide bonds. The first-order valence-electron chi connectivity index (χ1n) is 8.68. The number of carbonyl (C=O) groups is 2. The zero-order valence-electron chi connectivity index (χ0n) is 14.9. The third-order valence-corrected chi connectivity index (χ3v) is 5.30. The summed E-state index contributed by atoms with van der Waals surface area (Å²) < 4.78 is 1.78. The number of amides is 1. The van der Waals surface area contributed by atoms with Crippen LogP contribution in [0.2, 0.25) is 5.02 Å². The Morgan fingerprint density at radius 3 is 2.73 bits per heavy atom. The second kappa shape index (κ2) is 7.50. The summed E-state index contributed by atoms with van der Waals surface area (Å²) in [5.41, 5.74) is 2.91. The topological polar surface area (TPSA) is 75.4 Å². The van der Waals surface area contributed by atoms with E-state index in [0.717, 1.165) is 11.3 Å². The van der Waals surface area contributed by atoms with Crippen LogP contribution in [0, 0.1) is 19.8 Å². The predicted octanol–water partition coefficient (Wildman–Crippen LogP) is 3.14. The molecule has 3 rings (SSSR count). The van der Waals surface area contributed by atoms with Gasteiger partial charge in [-0.05, 0) is 38.3 Å². The first-order chi connectivity index (χ1) is 12.4. The number of rotatable bonds is 4. The molecule has 1 fully saturated rings. The molecule has 138 valence electrons. The van der Waals surface area contributed by atoms with Crippen molar-refractivity contribution in [2.75, 3.05) is 13.1 Å². The highest BCUT2D eigenvalue weighted by atomic mass is 35.5. The van der Waals surface area contributed by atoms with Gasteiger partial charge in [0.2, 0.25) is 0 Å². The van der Waals surface area contributed by atoms with Gasteiger partial charge in [-0.2, -0.15) is 5.10 Å². The summed E-state index contributed by atoms with van der Waals surface area (Å²) in [7, 11) is 0. The number of halogens is 1. The average molecular weight is 376 g/mol. The smallest absolute Gasteiger partial charge is 0.308 e. The molecule has 0 bridgehead atoms. The first-order valence-corrected chi connectivity index (χ1v) is 9.05. The van der Waals surface area contributed by atoms with E-state index in [0.29, 0.717) is 42.2 Å². The second-order valence-electron chi connectivity index (χ2n) is 6.72. The van der Waals surface area contributed by atoms with Crippen molar-refractivity contribution in [2.45, 2.75) is 33.2 Å². The Bertz CT molecular complexity index is 847. The molecule has 1 aliphatic heterocycles. The molecule has 2 heterocycles. The van der Waals surface area contributed by atoms with Gasteiger partial charge in [-0.1, -0.05) is 29.8 Å². The van der Waals surface area contributed by atoms with E-state index in [-0.39, 0.29) is 12.5 Å². The highest BCUT2D eigenvalue weighted by Crippen LogP contribution is 2.23. The zero-order chi connectivity index (χ0) is 18.8. The lowest BCUT2D eigenvalue weighted by molar-refractivity contribution is -0.143. The molecule has 1 atom stereocenters. The fourth-order valence-electron chi connectivity index (χ4n) is 3.47. The molecule has 26 heavy (non-hydrogen) atoms. The van der Waals surface area contributed by atoms with Crippen LogP contribution in [-0.4, -0.2) is 44.8 Å². The van der Waals surface area contributed by atoms with E-state index in [4.69, 9.17) is 11.6 Å². The molecule has 0 aliphatic carbocycles. The third-order valence-electron chi connectivity index (χ3n) is 4.93. The molecular weight excluding hydrogens is 354 g/mol. The minimum absolute atomic E-state index is 0.142. The maximum atomic E-state index is 13.0. The number of likely N-dealkylation sites (tertiary alicyclic amines) is 1. The molecule has 1 aromatic carbocycles. The molecule has 7 heteroatoms. The fraction of sp³-hybridized carbons (Fsp3) is 0.421. The highest BCUT2D eigenvalue weighted by Gasteiger charge is 2.31. The fourth-order valence-corrected chi connectivity index (χ4v) is 3.67. The van der Waals surface area contributed by atoms with Crippen molar-refractivity contribution < 1.29 is 14.7 Å². The Hall–Kier alpha value is -2.34. The van der Waals surface area contributed by atoms with Crippen molar-refractivity contribution in [3.05, 3.63) is 51.8 Å². The Kier molecular flexibility index (Phi) is 5.32. The van der Waals surface area contributed by atoms with Crippen molar-refractivity contribution in [1.29, 1.82) is 0 Å². The number of aromatic nitrogens is 2. The molecule has 6 nitrogen and oxygen atoms in total. The Balaban J connectivity index is 1.84. The van der Waals surface area contributed by atoms with Gasteiger partial charge in [-0.3, -0.25) is 14.3 Å². The van der Waals surface area contributed by atoms with Crippen molar-refractivity contribution in [3.8, 4) is 0 Å². The molecular formula is C19H22ClN3O3. The maximum Gasteiger partial charge on any atom is 0.308 e. The maximum absolute atomic E-state index is 13.0. The van der Waals surface area contributed by atoms with Crippen LogP contribution in [-0.2, 0) is 11.3 Å². The average Bonchev–Trinajstić information content (AvgIpc) is 2.90. The molecule has 2 aromatic rings. The predicted molar refractivity (Wildman–Crippen MR) is 98.5 cm³/mol. The summed E-state index contributed by atoms with van der Waals surface area (Å²) in [6.45, 7) is 4.99. The van der Waals surface area contributed by atoms with Gasteiger partial charge in [0.15, 0.2) is 0 Å². The van der Waals surface area contributed by atoms with Crippen molar-refractivity contribution in [2.24, 2.45) is 5.92 Å². The summed E-state index contributed by atoms with van der Waals surface area (Å²) in [6, 6.07) is 7.55. The number of aliphatic carboxylic acids is 1. The van der Waals surface area contributed by atoms with Crippen molar-refractivity contribution >= 4 is 23.5 Å². The van der Waals surface area contributed by atoms with Crippen LogP contribution in [0.5, 0.6) is 0 Å². The quantitative estimate of drug-likeness (QED) is 0.890. The van der Waals surface area contributed by atoms with Crippen molar-refractivity contribution in [1.82, 2.24) is 14.7 Å². The molecule has 1 aromatic heterocycles. The number of hydrogen-bond acceptors (Lipinski definition) is 3. The summed E-state index contributed by atoms with van der Waals surface area (Å²) in [6.07, 6.45) is 1.32. The number of hydrogen-bond donors (Lipinski definition) is 1. The van der Waals surface area contributed by atoms with Crippen LogP contribution in [0.15, 0.2) is 24.3 Å². The van der Waals surface area contributed by atoms with Gasteiger partial charge in [0, 0.05) is 23.8 Å². The minimum atomic E-state index is -0.842. The summed E-state index contributed by atoms with van der Waals surface area (Å²) >= 11 is 6.23. The van der Waals surface area contributed by atoms with Crippen LogP contribution < -0.4 is 0 Å². The number of carbonyl (C=O) groups excluding carboxylic acids is 1. The molecule has 1 N–H and O–H groups in total. The summed E-state index contributed by atoms with van der Waals surface area (Å²) in [5, 5.41) is 14.4. The van der Waals surface area contributed by atoms with Gasteiger partial charge in [0.25, 0.3) is 5.91 Å². The Labute approximate surface area is 157 Å². The van der Waals surface area contributed by atoms with Crippen LogP contribution in [0.1, 0.15) is 40.2 Å². The zero-order valence-corrected chi connectivity index (χ0v) is 15.7. The Morgan fingerprint density at radius 1 is 1.31 bits per heavy atom. The number of nitrogens with zero attached hydrogens (tertiary/aromatic N) is 3. The largest absolute Gasteiger partial charge is 0.481 e. The van der Waals surface area contributed by atoms with Crippen molar-refractivity contribution in [3.63, 3.8) is 0 Å². The van der Waals surface area contributed by atoms with Gasteiger partial charge >= 0.3 is 5.97 Å². The minimum Gasteiger partial charge on any atom is -0.481 e. The standard InChI is InChI=1S/C19H22ClN3O3/c1-12-17(18(24)22-9-5-7-15(10-22)19(25)26)13(2)23(21-12)11-14-6-3-4-8-16(14)20/h3-4,6,8,15H,5,7,9-11H2,1-2H3,(H,25,26)/t15-/m0/s1. The van der Waals surface area contributed by atoms with E-state index in [1.54, 1.807) is 9.58 Å². The molecule has 0 saturated carbocycles. The first kappa shape index (κ1) is 18.5. The molecule has 0 spiro atoms. The van der Waals surface area contributed by atoms with E-state index in [2.05, 4.69) is 5.10 Å². The van der Waals surface area contributed by atoms with Gasteiger partial charge in [-0.25, -0.2) is 0 Å². The number of piperidine rings is 1.